The predicted octanol–water partition coefficient (Wildman–Crippen LogP) is 2.26. The van der Waals surface area contributed by atoms with E-state index in [1.807, 2.05) is 6.07 Å². The fourth-order valence-corrected chi connectivity index (χ4v) is 3.98. The smallest absolute Gasteiger partial charge is 0.338 e. The molecule has 3 heterocycles. The van der Waals surface area contributed by atoms with Gasteiger partial charge in [-0.05, 0) is 24.3 Å². The number of imidazole rings is 1. The van der Waals surface area contributed by atoms with Crippen molar-refractivity contribution in [2.75, 3.05) is 18.5 Å². The highest BCUT2D eigenvalue weighted by atomic mass is 16.6. The molecule has 0 unspecified atom stereocenters. The molecular weight excluding hydrogens is 512 g/mol. The largest absolute Gasteiger partial charge is 0.484 e. The number of anilines is 1. The molecular formula is C25H22N6O8. The number of carbonyl (C=O) groups is 2. The number of para-hydroxylation sites is 1. The number of nitro benzene ring substituents is 1. The molecule has 39 heavy (non-hydrogen) atoms. The maximum absolute atomic E-state index is 12.4. The van der Waals surface area contributed by atoms with Crippen molar-refractivity contribution >= 4 is 34.5 Å². The molecule has 1 amide bonds. The summed E-state index contributed by atoms with van der Waals surface area (Å²) in [6.07, 6.45) is 0.440. The number of amides is 1. The average Bonchev–Trinajstić information content (AvgIpc) is 3.55. The highest BCUT2D eigenvalue weighted by Gasteiger charge is 2.37. The summed E-state index contributed by atoms with van der Waals surface area (Å²) < 4.78 is 18.2. The molecule has 0 saturated carbocycles. The molecule has 1 aliphatic rings. The van der Waals surface area contributed by atoms with Crippen LogP contribution in [0.3, 0.4) is 0 Å². The van der Waals surface area contributed by atoms with Crippen LogP contribution in [0.1, 0.15) is 23.0 Å². The minimum atomic E-state index is -0.951. The minimum Gasteiger partial charge on any atom is -0.484 e. The van der Waals surface area contributed by atoms with Crippen molar-refractivity contribution in [2.45, 2.75) is 24.9 Å². The molecule has 1 fully saturated rings. The van der Waals surface area contributed by atoms with Gasteiger partial charge in [-0.25, -0.2) is 19.7 Å². The fraction of sp³-hybridized carbons (Fsp3) is 0.240. The van der Waals surface area contributed by atoms with Gasteiger partial charge in [0.15, 0.2) is 23.6 Å². The number of carbonyl (C=O) groups excluding carboxylic acids is 2. The number of ether oxygens (including phenoxy) is 3. The first-order chi connectivity index (χ1) is 18.9. The van der Waals surface area contributed by atoms with E-state index in [2.05, 4.69) is 20.3 Å². The molecule has 14 heteroatoms. The lowest BCUT2D eigenvalue weighted by atomic mass is 10.2. The highest BCUT2D eigenvalue weighted by molar-refractivity contribution is 5.97. The number of aliphatic hydroxyl groups is 1. The van der Waals surface area contributed by atoms with E-state index in [0.717, 1.165) is 0 Å². The number of benzene rings is 2. The van der Waals surface area contributed by atoms with Crippen LogP contribution >= 0.6 is 0 Å². The standard InChI is InChI=1S/C25H22N6O8/c32-18-10-21(39-19(18)11-38-25(34)15-6-8-16(9-7-15)31(35)36)30-14-28-22-23(26-13-27-24(22)30)29-20(33)12-37-17-4-2-1-3-5-17/h1-9,13-14,18-19,21,32H,10-12H2,(H,26,27,29,33)/t18-,19+,21+/m0/s1. The number of fused-ring (bicyclic) bond motifs is 1. The second-order valence-corrected chi connectivity index (χ2v) is 8.53. The van der Waals surface area contributed by atoms with Crippen molar-refractivity contribution in [2.24, 2.45) is 0 Å². The maximum atomic E-state index is 12.4. The van der Waals surface area contributed by atoms with E-state index in [9.17, 15) is 24.8 Å². The van der Waals surface area contributed by atoms with Crippen molar-refractivity contribution in [1.29, 1.82) is 0 Å². The summed E-state index contributed by atoms with van der Waals surface area (Å²) in [5.74, 6) is -0.403. The first kappa shape index (κ1) is 25.7. The van der Waals surface area contributed by atoms with E-state index in [0.29, 0.717) is 16.9 Å². The Hall–Kier alpha value is -4.95. The molecule has 2 N–H and O–H groups in total. The molecule has 3 atom stereocenters. The Morgan fingerprint density at radius 1 is 1.13 bits per heavy atom. The molecule has 1 saturated heterocycles. The van der Waals surface area contributed by atoms with E-state index in [-0.39, 0.29) is 36.7 Å². The third-order valence-electron chi connectivity index (χ3n) is 5.94. The monoisotopic (exact) mass is 534 g/mol. The second kappa shape index (κ2) is 11.2. The van der Waals surface area contributed by atoms with Gasteiger partial charge >= 0.3 is 5.97 Å². The molecule has 0 spiro atoms. The van der Waals surface area contributed by atoms with E-state index >= 15 is 0 Å². The number of nitrogens with zero attached hydrogens (tertiary/aromatic N) is 5. The van der Waals surface area contributed by atoms with Crippen LogP contribution in [0.15, 0.2) is 67.3 Å². The zero-order valence-electron chi connectivity index (χ0n) is 20.2. The Balaban J connectivity index is 1.20. The average molecular weight is 534 g/mol. The lowest BCUT2D eigenvalue weighted by Gasteiger charge is -2.16. The summed E-state index contributed by atoms with van der Waals surface area (Å²) in [4.78, 5) is 47.6. The van der Waals surface area contributed by atoms with E-state index in [4.69, 9.17) is 14.2 Å². The molecule has 0 radical (unpaired) electrons. The first-order valence-electron chi connectivity index (χ1n) is 11.8. The van der Waals surface area contributed by atoms with Gasteiger partial charge in [0.05, 0.1) is 22.9 Å². The lowest BCUT2D eigenvalue weighted by molar-refractivity contribution is -0.384. The Morgan fingerprint density at radius 2 is 1.90 bits per heavy atom. The van der Waals surface area contributed by atoms with Gasteiger partial charge in [0.1, 0.15) is 31.0 Å². The van der Waals surface area contributed by atoms with Crippen LogP contribution in [-0.2, 0) is 14.3 Å². The minimum absolute atomic E-state index is 0.130. The summed E-state index contributed by atoms with van der Waals surface area (Å²) >= 11 is 0. The number of non-ortho nitro benzene ring substituents is 1. The molecule has 2 aromatic carbocycles. The molecule has 0 aliphatic carbocycles. The van der Waals surface area contributed by atoms with Crippen LogP contribution in [0.4, 0.5) is 11.5 Å². The number of hydrogen-bond acceptors (Lipinski definition) is 11. The van der Waals surface area contributed by atoms with Crippen molar-refractivity contribution < 1.29 is 33.8 Å². The van der Waals surface area contributed by atoms with E-state index < -0.39 is 35.2 Å². The lowest BCUT2D eigenvalue weighted by Crippen LogP contribution is -2.28. The topological polar surface area (TPSA) is 181 Å². The van der Waals surface area contributed by atoms with Crippen LogP contribution in [-0.4, -0.2) is 66.8 Å². The first-order valence-corrected chi connectivity index (χ1v) is 11.8. The third-order valence-corrected chi connectivity index (χ3v) is 5.94. The quantitative estimate of drug-likeness (QED) is 0.183. The number of nitro groups is 1. The predicted molar refractivity (Wildman–Crippen MR) is 134 cm³/mol. The van der Waals surface area contributed by atoms with Crippen molar-refractivity contribution in [3.63, 3.8) is 0 Å². The van der Waals surface area contributed by atoms with Gasteiger partial charge in [-0.2, -0.15) is 0 Å². The summed E-state index contributed by atoms with van der Waals surface area (Å²) in [7, 11) is 0. The van der Waals surface area contributed by atoms with Crippen LogP contribution in [0.2, 0.25) is 0 Å². The summed E-state index contributed by atoms with van der Waals surface area (Å²) in [5, 5.41) is 23.9. The Kier molecular flexibility index (Phi) is 7.38. The number of aromatic nitrogens is 4. The fourth-order valence-electron chi connectivity index (χ4n) is 3.98. The number of nitrogens with one attached hydrogen (secondary N) is 1. The number of rotatable bonds is 9. The number of hydrogen-bond donors (Lipinski definition) is 2. The molecule has 14 nitrogen and oxygen atoms in total. The molecule has 1 aliphatic heterocycles. The van der Waals surface area contributed by atoms with E-state index in [1.165, 1.54) is 36.9 Å². The van der Waals surface area contributed by atoms with Gasteiger partial charge in [0.25, 0.3) is 11.6 Å². The molecule has 2 aromatic heterocycles. The van der Waals surface area contributed by atoms with Gasteiger partial charge in [-0.3, -0.25) is 19.5 Å². The summed E-state index contributed by atoms with van der Waals surface area (Å²) in [6, 6.07) is 13.9. The molecule has 4 aromatic rings. The van der Waals surface area contributed by atoms with Crippen LogP contribution in [0.5, 0.6) is 5.75 Å². The van der Waals surface area contributed by atoms with E-state index in [1.54, 1.807) is 28.8 Å². The SMILES string of the molecule is O=C(COc1ccccc1)Nc1ncnc2c1ncn2[C@H]1C[C@H](O)[C@@H](COC(=O)c2ccc([N+](=O)[O-])cc2)O1. The second-order valence-electron chi connectivity index (χ2n) is 8.53. The highest BCUT2D eigenvalue weighted by Crippen LogP contribution is 2.32. The zero-order chi connectivity index (χ0) is 27.4. The zero-order valence-corrected chi connectivity index (χ0v) is 20.2. The van der Waals surface area contributed by atoms with Crippen molar-refractivity contribution in [3.8, 4) is 5.75 Å². The van der Waals surface area contributed by atoms with Gasteiger partial charge in [0.2, 0.25) is 0 Å². The Bertz CT molecular complexity index is 1490. The summed E-state index contributed by atoms with van der Waals surface area (Å²) in [6.45, 7) is -0.466. The summed E-state index contributed by atoms with van der Waals surface area (Å²) in [5.41, 5.74) is 0.663. The van der Waals surface area contributed by atoms with Crippen LogP contribution < -0.4 is 10.1 Å². The van der Waals surface area contributed by atoms with Gasteiger partial charge in [-0.1, -0.05) is 18.2 Å². The Morgan fingerprint density at radius 3 is 2.64 bits per heavy atom. The van der Waals surface area contributed by atoms with Crippen molar-refractivity contribution in [1.82, 2.24) is 19.5 Å². The van der Waals surface area contributed by atoms with Crippen LogP contribution in [0, 0.1) is 10.1 Å². The number of aliphatic hydroxyl groups excluding tert-OH is 1. The molecule has 0 bridgehead atoms. The van der Waals surface area contributed by atoms with Crippen LogP contribution in [0.25, 0.3) is 11.2 Å². The molecule has 200 valence electrons. The number of esters is 1. The van der Waals surface area contributed by atoms with Gasteiger partial charge < -0.3 is 24.6 Å². The Labute approximate surface area is 220 Å². The molecule has 5 rings (SSSR count). The third kappa shape index (κ3) is 5.81. The maximum Gasteiger partial charge on any atom is 0.338 e. The van der Waals surface area contributed by atoms with Gasteiger partial charge in [0, 0.05) is 18.6 Å². The van der Waals surface area contributed by atoms with Crippen molar-refractivity contribution in [3.05, 3.63) is 82.9 Å². The van der Waals surface area contributed by atoms with Gasteiger partial charge in [-0.15, -0.1) is 0 Å². The normalized spacial score (nSPS) is 18.5.